The third kappa shape index (κ3) is 6.32. The number of nitrogens with one attached hydrogen (secondary N) is 2. The van der Waals surface area contributed by atoms with Crippen molar-refractivity contribution in [2.24, 2.45) is 7.05 Å². The largest absolute Gasteiger partial charge is 0.493 e. The minimum absolute atomic E-state index is 0.181. The third-order valence-electron chi connectivity index (χ3n) is 5.68. The Kier molecular flexibility index (Phi) is 7.57. The number of amides is 1. The van der Waals surface area contributed by atoms with Gasteiger partial charge in [0.05, 0.1) is 12.3 Å². The maximum Gasteiger partial charge on any atom is 0.262 e. The predicted octanol–water partition coefficient (Wildman–Crippen LogP) is 4.15. The number of piperidine rings is 1. The lowest BCUT2D eigenvalue weighted by molar-refractivity contribution is -0.118. The fourth-order valence-electron chi connectivity index (χ4n) is 3.93. The molecule has 33 heavy (non-hydrogen) atoms. The van der Waals surface area contributed by atoms with Crippen LogP contribution in [0.25, 0.3) is 11.3 Å². The molecule has 7 nitrogen and oxygen atoms in total. The first-order valence-corrected chi connectivity index (χ1v) is 11.3. The number of carbonyl (C=O) groups excluding carboxylic acids is 1. The molecule has 1 unspecified atom stereocenters. The van der Waals surface area contributed by atoms with Crippen molar-refractivity contribution in [2.45, 2.75) is 31.7 Å². The Morgan fingerprint density at radius 2 is 2.03 bits per heavy atom. The molecule has 1 amide bonds. The van der Waals surface area contributed by atoms with Crippen molar-refractivity contribution in [3.05, 3.63) is 60.5 Å². The maximum atomic E-state index is 13.0. The van der Waals surface area contributed by atoms with Crippen molar-refractivity contribution in [2.75, 3.05) is 25.1 Å². The van der Waals surface area contributed by atoms with Gasteiger partial charge in [0.25, 0.3) is 5.91 Å². The average Bonchev–Trinajstić information content (AvgIpc) is 3.26. The lowest BCUT2D eigenvalue weighted by Gasteiger charge is -2.23. The summed E-state index contributed by atoms with van der Waals surface area (Å²) in [7, 11) is 1.87. The molecule has 0 aliphatic carbocycles. The second-order valence-corrected chi connectivity index (χ2v) is 8.13. The van der Waals surface area contributed by atoms with Gasteiger partial charge in [-0.15, -0.1) is 0 Å². The first-order chi connectivity index (χ1) is 16.1. The zero-order valence-electron chi connectivity index (χ0n) is 18.7. The number of hydrogen-bond donors (Lipinski definition) is 2. The summed E-state index contributed by atoms with van der Waals surface area (Å²) in [5.41, 5.74) is 2.36. The summed E-state index contributed by atoms with van der Waals surface area (Å²) in [6, 6.07) is 13.5. The predicted molar refractivity (Wildman–Crippen MR) is 125 cm³/mol. The van der Waals surface area contributed by atoms with Crippen molar-refractivity contribution in [3.63, 3.8) is 0 Å². The molecule has 2 aromatic carbocycles. The average molecular weight is 453 g/mol. The van der Waals surface area contributed by atoms with E-state index < -0.39 is 0 Å². The summed E-state index contributed by atoms with van der Waals surface area (Å²) in [5.74, 6) is 0.507. The van der Waals surface area contributed by atoms with Crippen LogP contribution in [0.1, 0.15) is 25.7 Å². The number of anilines is 1. The van der Waals surface area contributed by atoms with Gasteiger partial charge in [0.1, 0.15) is 17.3 Å². The lowest BCUT2D eigenvalue weighted by atomic mass is 10.0. The van der Waals surface area contributed by atoms with E-state index in [1.165, 1.54) is 43.5 Å². The van der Waals surface area contributed by atoms with E-state index in [9.17, 15) is 9.18 Å². The summed E-state index contributed by atoms with van der Waals surface area (Å²) >= 11 is 0. The summed E-state index contributed by atoms with van der Waals surface area (Å²) in [6.07, 6.45) is 6.36. The highest BCUT2D eigenvalue weighted by molar-refractivity contribution is 5.93. The molecule has 1 fully saturated rings. The van der Waals surface area contributed by atoms with Crippen LogP contribution < -0.4 is 20.1 Å². The molecule has 1 aliphatic heterocycles. The molecule has 1 saturated heterocycles. The second kappa shape index (κ2) is 11.0. The van der Waals surface area contributed by atoms with Gasteiger partial charge < -0.3 is 20.1 Å². The molecule has 0 spiro atoms. The van der Waals surface area contributed by atoms with E-state index in [4.69, 9.17) is 9.47 Å². The van der Waals surface area contributed by atoms with Crippen molar-refractivity contribution in [1.82, 2.24) is 15.1 Å². The van der Waals surface area contributed by atoms with Crippen LogP contribution in [0.3, 0.4) is 0 Å². The zero-order chi connectivity index (χ0) is 23.0. The van der Waals surface area contributed by atoms with Crippen LogP contribution in [-0.2, 0) is 11.8 Å². The Labute approximate surface area is 192 Å². The molecule has 2 heterocycles. The summed E-state index contributed by atoms with van der Waals surface area (Å²) in [4.78, 5) is 12.4. The van der Waals surface area contributed by atoms with E-state index in [1.807, 2.05) is 31.3 Å². The van der Waals surface area contributed by atoms with Gasteiger partial charge >= 0.3 is 0 Å². The number of ether oxygens (including phenoxy) is 2. The first-order valence-electron chi connectivity index (χ1n) is 11.3. The highest BCUT2D eigenvalue weighted by atomic mass is 19.1. The maximum absolute atomic E-state index is 13.0. The molecule has 0 saturated carbocycles. The molecular weight excluding hydrogens is 423 g/mol. The lowest BCUT2D eigenvalue weighted by Crippen LogP contribution is -2.35. The minimum Gasteiger partial charge on any atom is -0.493 e. The Bertz CT molecular complexity index is 1060. The number of carbonyl (C=O) groups is 1. The van der Waals surface area contributed by atoms with Gasteiger partial charge in [-0.25, -0.2) is 4.39 Å². The topological polar surface area (TPSA) is 77.4 Å². The molecule has 174 valence electrons. The smallest absolute Gasteiger partial charge is 0.262 e. The molecule has 3 aromatic rings. The molecule has 1 atom stereocenters. The summed E-state index contributed by atoms with van der Waals surface area (Å²) < 4.78 is 26.4. The van der Waals surface area contributed by atoms with E-state index in [0.29, 0.717) is 24.1 Å². The molecule has 1 aromatic heterocycles. The van der Waals surface area contributed by atoms with Crippen LogP contribution in [0.5, 0.6) is 11.5 Å². The third-order valence-corrected chi connectivity index (χ3v) is 5.68. The fourth-order valence-corrected chi connectivity index (χ4v) is 3.93. The quantitative estimate of drug-likeness (QED) is 0.510. The normalized spacial score (nSPS) is 15.8. The Morgan fingerprint density at radius 3 is 2.76 bits per heavy atom. The van der Waals surface area contributed by atoms with Crippen LogP contribution >= 0.6 is 0 Å². The molecule has 0 radical (unpaired) electrons. The van der Waals surface area contributed by atoms with E-state index in [-0.39, 0.29) is 18.3 Å². The van der Waals surface area contributed by atoms with Crippen LogP contribution in [0.2, 0.25) is 0 Å². The van der Waals surface area contributed by atoms with Gasteiger partial charge in [-0.2, -0.15) is 5.10 Å². The van der Waals surface area contributed by atoms with Crippen molar-refractivity contribution in [1.29, 1.82) is 0 Å². The molecule has 0 bridgehead atoms. The number of aryl methyl sites for hydroxylation is 1. The Hall–Kier alpha value is -3.39. The van der Waals surface area contributed by atoms with Crippen LogP contribution in [0, 0.1) is 5.82 Å². The molecule has 2 N–H and O–H groups in total. The summed E-state index contributed by atoms with van der Waals surface area (Å²) in [6.45, 7) is 1.50. The number of benzene rings is 2. The van der Waals surface area contributed by atoms with Crippen molar-refractivity contribution < 1.29 is 18.7 Å². The van der Waals surface area contributed by atoms with E-state index in [0.717, 1.165) is 30.0 Å². The minimum atomic E-state index is -0.355. The summed E-state index contributed by atoms with van der Waals surface area (Å²) in [5, 5.41) is 10.7. The van der Waals surface area contributed by atoms with E-state index in [1.54, 1.807) is 10.9 Å². The number of rotatable bonds is 9. The van der Waals surface area contributed by atoms with E-state index in [2.05, 4.69) is 15.7 Å². The van der Waals surface area contributed by atoms with Gasteiger partial charge in [-0.05, 0) is 74.3 Å². The molecule has 8 heteroatoms. The zero-order valence-corrected chi connectivity index (χ0v) is 18.7. The molecule has 1 aliphatic rings. The highest BCUT2D eigenvalue weighted by Crippen LogP contribution is 2.32. The van der Waals surface area contributed by atoms with Gasteiger partial charge in [0.2, 0.25) is 0 Å². The van der Waals surface area contributed by atoms with Gasteiger partial charge in [0.15, 0.2) is 6.61 Å². The van der Waals surface area contributed by atoms with Crippen molar-refractivity contribution >= 4 is 11.6 Å². The van der Waals surface area contributed by atoms with Gasteiger partial charge in [-0.1, -0.05) is 6.42 Å². The first kappa shape index (κ1) is 22.8. The number of hydrogen-bond acceptors (Lipinski definition) is 5. The van der Waals surface area contributed by atoms with Gasteiger partial charge in [0, 0.05) is 30.5 Å². The Morgan fingerprint density at radius 1 is 1.18 bits per heavy atom. The fraction of sp³-hybridized carbons (Fsp3) is 0.360. The number of nitrogens with zero attached hydrogens (tertiary/aromatic N) is 2. The van der Waals surface area contributed by atoms with Crippen LogP contribution in [-0.4, -0.2) is 41.5 Å². The van der Waals surface area contributed by atoms with Crippen LogP contribution in [0.15, 0.2) is 54.7 Å². The van der Waals surface area contributed by atoms with Crippen LogP contribution in [0.4, 0.5) is 10.1 Å². The monoisotopic (exact) mass is 452 g/mol. The van der Waals surface area contributed by atoms with Crippen molar-refractivity contribution in [3.8, 4) is 22.8 Å². The number of halogens is 1. The standard InChI is InChI=1S/C25H29FN4O3/c1-30-23(11-14-28-30)22-16-20(29-25(31)17-33-21-8-5-18(26)6-9-21)7-10-24(22)32-15-12-19-4-2-3-13-27-19/h5-11,14,16,19,27H,2-4,12-13,15,17H2,1H3,(H,29,31). The van der Waals surface area contributed by atoms with E-state index >= 15 is 0 Å². The Balaban J connectivity index is 1.41. The molecular formula is C25H29FN4O3. The van der Waals surface area contributed by atoms with Gasteiger partial charge in [-0.3, -0.25) is 9.48 Å². The number of aromatic nitrogens is 2. The highest BCUT2D eigenvalue weighted by Gasteiger charge is 2.15. The SMILES string of the molecule is Cn1nccc1-c1cc(NC(=O)COc2ccc(F)cc2)ccc1OCCC1CCCCN1. The second-order valence-electron chi connectivity index (χ2n) is 8.13. The molecule has 4 rings (SSSR count).